The molecule has 0 saturated carbocycles. The van der Waals surface area contributed by atoms with Crippen molar-refractivity contribution in [2.24, 2.45) is 5.73 Å². The number of sulfonamides is 1. The first-order valence-electron chi connectivity index (χ1n) is 9.35. The molecule has 1 saturated heterocycles. The normalized spacial score (nSPS) is 21.4. The van der Waals surface area contributed by atoms with Crippen LogP contribution in [-0.4, -0.2) is 57.6 Å². The van der Waals surface area contributed by atoms with E-state index >= 15 is 0 Å². The van der Waals surface area contributed by atoms with Crippen molar-refractivity contribution < 1.29 is 22.7 Å². The van der Waals surface area contributed by atoms with Gasteiger partial charge >= 0.3 is 0 Å². The van der Waals surface area contributed by atoms with E-state index in [0.717, 1.165) is 25.7 Å². The van der Waals surface area contributed by atoms with Crippen molar-refractivity contribution in [2.45, 2.75) is 49.6 Å². The molecule has 0 bridgehead atoms. The fourth-order valence-corrected chi connectivity index (χ4v) is 4.66. The monoisotopic (exact) mass is 397 g/mol. The number of nitrogens with two attached hydrogens (primary N) is 1. The molecule has 27 heavy (non-hydrogen) atoms. The molecule has 2 atom stereocenters. The SMILES string of the molecule is CC(NS(=O)(=O)c1ccc2c(c1)OCCCO2)C(=O)N1CCCCC1CN. The highest BCUT2D eigenvalue weighted by molar-refractivity contribution is 7.89. The number of fused-ring (bicyclic) bond motifs is 1. The predicted molar refractivity (Wildman–Crippen MR) is 100 cm³/mol. The number of piperidine rings is 1. The van der Waals surface area contributed by atoms with Crippen molar-refractivity contribution in [2.75, 3.05) is 26.3 Å². The first kappa shape index (κ1) is 19.9. The number of nitrogens with zero attached hydrogens (tertiary/aromatic N) is 1. The van der Waals surface area contributed by atoms with Gasteiger partial charge in [-0.25, -0.2) is 8.42 Å². The largest absolute Gasteiger partial charge is 0.490 e. The minimum atomic E-state index is -3.88. The summed E-state index contributed by atoms with van der Waals surface area (Å²) in [7, 11) is -3.88. The Morgan fingerprint density at radius 2 is 2.00 bits per heavy atom. The molecule has 8 nitrogen and oxygen atoms in total. The molecule has 2 aliphatic heterocycles. The van der Waals surface area contributed by atoms with E-state index in [1.807, 2.05) is 0 Å². The smallest absolute Gasteiger partial charge is 0.241 e. The fraction of sp³-hybridized carbons (Fsp3) is 0.611. The van der Waals surface area contributed by atoms with Crippen LogP contribution in [-0.2, 0) is 14.8 Å². The van der Waals surface area contributed by atoms with Crippen molar-refractivity contribution in [1.29, 1.82) is 0 Å². The Bertz CT molecular complexity index is 783. The van der Waals surface area contributed by atoms with Crippen LogP contribution in [0.4, 0.5) is 0 Å². The number of likely N-dealkylation sites (tertiary alicyclic amines) is 1. The van der Waals surface area contributed by atoms with Crippen molar-refractivity contribution in [3.8, 4) is 11.5 Å². The van der Waals surface area contributed by atoms with Crippen LogP contribution in [0.5, 0.6) is 11.5 Å². The van der Waals surface area contributed by atoms with E-state index in [0.29, 0.717) is 37.8 Å². The molecule has 2 unspecified atom stereocenters. The summed E-state index contributed by atoms with van der Waals surface area (Å²) in [5.41, 5.74) is 5.77. The second-order valence-electron chi connectivity index (χ2n) is 6.92. The van der Waals surface area contributed by atoms with E-state index in [1.165, 1.54) is 12.1 Å². The molecule has 1 aromatic rings. The van der Waals surface area contributed by atoms with E-state index in [4.69, 9.17) is 15.2 Å². The molecule has 0 aliphatic carbocycles. The summed E-state index contributed by atoms with van der Waals surface area (Å²) in [6, 6.07) is 3.56. The van der Waals surface area contributed by atoms with Gasteiger partial charge < -0.3 is 20.1 Å². The maximum atomic E-state index is 12.8. The number of hydrogen-bond acceptors (Lipinski definition) is 6. The second-order valence-corrected chi connectivity index (χ2v) is 8.63. The van der Waals surface area contributed by atoms with E-state index in [9.17, 15) is 13.2 Å². The molecule has 150 valence electrons. The lowest BCUT2D eigenvalue weighted by Gasteiger charge is -2.36. The second kappa shape index (κ2) is 8.45. The number of nitrogens with one attached hydrogen (secondary N) is 1. The van der Waals surface area contributed by atoms with Crippen LogP contribution < -0.4 is 19.9 Å². The highest BCUT2D eigenvalue weighted by Crippen LogP contribution is 2.32. The van der Waals surface area contributed by atoms with Gasteiger partial charge in [0, 0.05) is 31.6 Å². The Morgan fingerprint density at radius 1 is 1.26 bits per heavy atom. The minimum absolute atomic E-state index is 0.0313. The number of rotatable bonds is 5. The molecule has 0 aromatic heterocycles. The summed E-state index contributed by atoms with van der Waals surface area (Å²) in [5.74, 6) is 0.673. The van der Waals surface area contributed by atoms with Gasteiger partial charge in [0.25, 0.3) is 0 Å². The lowest BCUT2D eigenvalue weighted by Crippen LogP contribution is -2.54. The maximum absolute atomic E-state index is 12.8. The predicted octanol–water partition coefficient (Wildman–Crippen LogP) is 0.855. The highest BCUT2D eigenvalue weighted by Gasteiger charge is 2.31. The standard InChI is InChI=1S/C18H27N3O5S/c1-13(18(22)21-8-3-2-5-14(21)12-19)20-27(23,24)15-6-7-16-17(11-15)26-10-4-9-25-16/h6-7,11,13-14,20H,2-5,8-10,12,19H2,1H3. The average molecular weight is 397 g/mol. The zero-order valence-corrected chi connectivity index (χ0v) is 16.3. The van der Waals surface area contributed by atoms with E-state index < -0.39 is 16.1 Å². The van der Waals surface area contributed by atoms with Crippen LogP contribution in [0.3, 0.4) is 0 Å². The summed E-state index contributed by atoms with van der Waals surface area (Å²) in [4.78, 5) is 14.5. The lowest BCUT2D eigenvalue weighted by molar-refractivity contribution is -0.136. The third kappa shape index (κ3) is 4.53. The van der Waals surface area contributed by atoms with E-state index in [2.05, 4.69) is 4.72 Å². The van der Waals surface area contributed by atoms with Gasteiger partial charge in [0.2, 0.25) is 15.9 Å². The summed E-state index contributed by atoms with van der Waals surface area (Å²) in [6.45, 7) is 3.55. The molecular weight excluding hydrogens is 370 g/mol. The molecule has 0 spiro atoms. The number of ether oxygens (including phenoxy) is 2. The minimum Gasteiger partial charge on any atom is -0.490 e. The van der Waals surface area contributed by atoms with Crippen molar-refractivity contribution in [3.05, 3.63) is 18.2 Å². The molecule has 2 aliphatic rings. The molecule has 2 heterocycles. The lowest BCUT2D eigenvalue weighted by atomic mass is 10.0. The Kier molecular flexibility index (Phi) is 6.23. The number of hydrogen-bond donors (Lipinski definition) is 2. The molecule has 9 heteroatoms. The summed E-state index contributed by atoms with van der Waals surface area (Å²) in [5, 5.41) is 0. The molecular formula is C18H27N3O5S. The van der Waals surface area contributed by atoms with E-state index in [-0.39, 0.29) is 16.8 Å². The van der Waals surface area contributed by atoms with Crippen molar-refractivity contribution in [1.82, 2.24) is 9.62 Å². The van der Waals surface area contributed by atoms with Gasteiger partial charge in [-0.1, -0.05) is 0 Å². The van der Waals surface area contributed by atoms with Crippen molar-refractivity contribution >= 4 is 15.9 Å². The quantitative estimate of drug-likeness (QED) is 0.762. The Balaban J connectivity index is 1.73. The third-order valence-electron chi connectivity index (χ3n) is 4.91. The molecule has 0 radical (unpaired) electrons. The molecule has 3 N–H and O–H groups in total. The van der Waals surface area contributed by atoms with E-state index in [1.54, 1.807) is 17.9 Å². The zero-order valence-electron chi connectivity index (χ0n) is 15.5. The molecule has 1 fully saturated rings. The maximum Gasteiger partial charge on any atom is 0.241 e. The van der Waals surface area contributed by atoms with Crippen LogP contribution >= 0.6 is 0 Å². The van der Waals surface area contributed by atoms with Gasteiger partial charge in [-0.2, -0.15) is 4.72 Å². The highest BCUT2D eigenvalue weighted by atomic mass is 32.2. The molecule has 1 aromatic carbocycles. The Morgan fingerprint density at radius 3 is 2.74 bits per heavy atom. The van der Waals surface area contributed by atoms with Crippen LogP contribution in [0.1, 0.15) is 32.6 Å². The van der Waals surface area contributed by atoms with Gasteiger partial charge in [0.15, 0.2) is 11.5 Å². The zero-order chi connectivity index (χ0) is 19.4. The number of benzene rings is 1. The number of carbonyl (C=O) groups is 1. The van der Waals surface area contributed by atoms with Gasteiger partial charge in [-0.15, -0.1) is 0 Å². The van der Waals surface area contributed by atoms with Crippen LogP contribution in [0.2, 0.25) is 0 Å². The fourth-order valence-electron chi connectivity index (χ4n) is 3.45. The van der Waals surface area contributed by atoms with Gasteiger partial charge in [0.05, 0.1) is 24.2 Å². The number of carbonyl (C=O) groups excluding carboxylic acids is 1. The van der Waals surface area contributed by atoms with Crippen LogP contribution in [0.25, 0.3) is 0 Å². The van der Waals surface area contributed by atoms with Gasteiger partial charge in [0.1, 0.15) is 0 Å². The molecule has 3 rings (SSSR count). The summed E-state index contributed by atoms with van der Waals surface area (Å²) in [6.07, 6.45) is 3.52. The van der Waals surface area contributed by atoms with Crippen LogP contribution in [0.15, 0.2) is 23.1 Å². The first-order chi connectivity index (χ1) is 12.9. The number of amides is 1. The summed E-state index contributed by atoms with van der Waals surface area (Å²) < 4.78 is 39.1. The Hall–Kier alpha value is -1.84. The molecule has 1 amide bonds. The first-order valence-corrected chi connectivity index (χ1v) is 10.8. The topological polar surface area (TPSA) is 111 Å². The van der Waals surface area contributed by atoms with Crippen LogP contribution in [0, 0.1) is 0 Å². The van der Waals surface area contributed by atoms with Gasteiger partial charge in [-0.05, 0) is 38.3 Å². The third-order valence-corrected chi connectivity index (χ3v) is 6.45. The van der Waals surface area contributed by atoms with Crippen molar-refractivity contribution in [3.63, 3.8) is 0 Å². The van der Waals surface area contributed by atoms with Gasteiger partial charge in [-0.3, -0.25) is 4.79 Å². The Labute approximate surface area is 160 Å². The average Bonchev–Trinajstić information content (AvgIpc) is 2.91. The summed E-state index contributed by atoms with van der Waals surface area (Å²) >= 11 is 0.